The van der Waals surface area contributed by atoms with Crippen molar-refractivity contribution in [2.45, 2.75) is 36.1 Å². The fourth-order valence-corrected chi connectivity index (χ4v) is 3.16. The van der Waals surface area contributed by atoms with Crippen LogP contribution in [0.5, 0.6) is 0 Å². The zero-order valence-electron chi connectivity index (χ0n) is 11.6. The van der Waals surface area contributed by atoms with Crippen LogP contribution in [0.2, 0.25) is 0 Å². The summed E-state index contributed by atoms with van der Waals surface area (Å²) in [6.07, 6.45) is 2.89. The van der Waals surface area contributed by atoms with Gasteiger partial charge >= 0.3 is 5.69 Å². The molecule has 0 unspecified atom stereocenters. The zero-order chi connectivity index (χ0) is 15.2. The fourth-order valence-electron chi connectivity index (χ4n) is 1.48. The molecule has 1 N–H and O–H groups in total. The smallest absolute Gasteiger partial charge is 0.343 e. The number of anilines is 1. The molecule has 0 fully saturated rings. The molecule has 2 aromatic rings. The molecule has 0 aliphatic heterocycles. The molecular weight excluding hydrogens is 312 g/mol. The number of nitrogens with zero attached hydrogens (tertiary/aromatic N) is 5. The van der Waals surface area contributed by atoms with Crippen molar-refractivity contribution >= 4 is 34.8 Å². The molecule has 0 saturated carbocycles. The summed E-state index contributed by atoms with van der Waals surface area (Å²) in [6, 6.07) is 0. The van der Waals surface area contributed by atoms with Gasteiger partial charge in [-0.05, 0) is 29.7 Å². The Morgan fingerprint density at radius 1 is 1.43 bits per heavy atom. The summed E-state index contributed by atoms with van der Waals surface area (Å²) in [5.74, 6) is 0.961. The minimum absolute atomic E-state index is 0.121. The summed E-state index contributed by atoms with van der Waals surface area (Å²) in [6.45, 7) is 4.54. The predicted octanol–water partition coefficient (Wildman–Crippen LogP) is 2.77. The van der Waals surface area contributed by atoms with E-state index in [-0.39, 0.29) is 16.5 Å². The van der Waals surface area contributed by atoms with Gasteiger partial charge in [0.25, 0.3) is 0 Å². The summed E-state index contributed by atoms with van der Waals surface area (Å²) < 4.78 is 4.79. The van der Waals surface area contributed by atoms with E-state index in [2.05, 4.69) is 24.6 Å². The maximum atomic E-state index is 11.3. The highest BCUT2D eigenvalue weighted by Crippen LogP contribution is 2.37. The molecule has 0 aliphatic rings. The van der Waals surface area contributed by atoms with E-state index in [1.54, 1.807) is 0 Å². The van der Waals surface area contributed by atoms with Gasteiger partial charge in [-0.2, -0.15) is 4.37 Å². The van der Waals surface area contributed by atoms with Crippen molar-refractivity contribution in [1.82, 2.24) is 19.3 Å². The molecule has 21 heavy (non-hydrogen) atoms. The summed E-state index contributed by atoms with van der Waals surface area (Å²) in [4.78, 5) is 23.1. The molecule has 10 heteroatoms. The Bertz CT molecular complexity index is 633. The van der Waals surface area contributed by atoms with Crippen LogP contribution < -0.4 is 5.32 Å². The Morgan fingerprint density at radius 2 is 2.24 bits per heavy atom. The van der Waals surface area contributed by atoms with Crippen molar-refractivity contribution in [3.63, 3.8) is 0 Å². The Morgan fingerprint density at radius 3 is 2.86 bits per heavy atom. The monoisotopic (exact) mass is 326 g/mol. The molecule has 2 rings (SSSR count). The quantitative estimate of drug-likeness (QED) is 0.470. The van der Waals surface area contributed by atoms with E-state index >= 15 is 0 Å². The molecular formula is C11H14N6O2S2. The molecule has 2 aromatic heterocycles. The van der Waals surface area contributed by atoms with Gasteiger partial charge in [-0.25, -0.2) is 15.0 Å². The fraction of sp³-hybridized carbons (Fsp3) is 0.455. The van der Waals surface area contributed by atoms with Gasteiger partial charge in [0.2, 0.25) is 5.82 Å². The lowest BCUT2D eigenvalue weighted by Gasteiger charge is -2.06. The molecule has 2 heterocycles. The summed E-state index contributed by atoms with van der Waals surface area (Å²) in [7, 11) is 0. The van der Waals surface area contributed by atoms with E-state index in [0.29, 0.717) is 10.9 Å². The second-order valence-electron chi connectivity index (χ2n) is 3.99. The standard InChI is InChI=1S/C11H14N6O2S2/c1-3-5-12-9-8(17(18)19)10(14-6-13-9)20-11-15-7(4-2)16-21-11/h6H,3-5H2,1-2H3,(H,12,13,14). The lowest BCUT2D eigenvalue weighted by atomic mass is 10.4. The molecule has 112 valence electrons. The van der Waals surface area contributed by atoms with E-state index in [1.165, 1.54) is 17.9 Å². The topological polar surface area (TPSA) is 107 Å². The number of nitro groups is 1. The predicted molar refractivity (Wildman–Crippen MR) is 80.9 cm³/mol. The number of hydrogen-bond donors (Lipinski definition) is 1. The van der Waals surface area contributed by atoms with Gasteiger partial charge in [0.15, 0.2) is 9.37 Å². The summed E-state index contributed by atoms with van der Waals surface area (Å²) in [5.41, 5.74) is -0.121. The van der Waals surface area contributed by atoms with E-state index < -0.39 is 4.92 Å². The summed E-state index contributed by atoms with van der Waals surface area (Å²) in [5, 5.41) is 14.5. The van der Waals surface area contributed by atoms with Gasteiger partial charge < -0.3 is 5.32 Å². The minimum atomic E-state index is -0.470. The van der Waals surface area contributed by atoms with Crippen molar-refractivity contribution < 1.29 is 4.92 Å². The van der Waals surface area contributed by atoms with Crippen molar-refractivity contribution in [2.24, 2.45) is 0 Å². The maximum absolute atomic E-state index is 11.3. The number of aryl methyl sites for hydroxylation is 1. The van der Waals surface area contributed by atoms with E-state index in [4.69, 9.17) is 0 Å². The molecule has 8 nitrogen and oxygen atoms in total. The lowest BCUT2D eigenvalue weighted by molar-refractivity contribution is -0.387. The van der Waals surface area contributed by atoms with Crippen molar-refractivity contribution in [1.29, 1.82) is 0 Å². The van der Waals surface area contributed by atoms with Crippen LogP contribution >= 0.6 is 23.3 Å². The average Bonchev–Trinajstić information content (AvgIpc) is 2.92. The van der Waals surface area contributed by atoms with Crippen LogP contribution in [0.1, 0.15) is 26.1 Å². The van der Waals surface area contributed by atoms with Gasteiger partial charge in [-0.3, -0.25) is 10.1 Å². The molecule has 0 saturated heterocycles. The highest BCUT2D eigenvalue weighted by Gasteiger charge is 2.24. The zero-order valence-corrected chi connectivity index (χ0v) is 13.2. The second kappa shape index (κ2) is 7.27. The third kappa shape index (κ3) is 3.85. The van der Waals surface area contributed by atoms with Crippen LogP contribution in [0.3, 0.4) is 0 Å². The lowest BCUT2D eigenvalue weighted by Crippen LogP contribution is -2.07. The molecule has 0 atom stereocenters. The van der Waals surface area contributed by atoms with E-state index in [9.17, 15) is 10.1 Å². The van der Waals surface area contributed by atoms with Gasteiger partial charge in [-0.15, -0.1) is 0 Å². The van der Waals surface area contributed by atoms with Crippen LogP contribution in [0.15, 0.2) is 15.7 Å². The SMILES string of the molecule is CCCNc1ncnc(Sc2nc(CC)ns2)c1[N+](=O)[O-]. The molecule has 0 radical (unpaired) electrons. The first kappa shape index (κ1) is 15.6. The van der Waals surface area contributed by atoms with Crippen LogP contribution in [0, 0.1) is 10.1 Å². The number of rotatable bonds is 7. The van der Waals surface area contributed by atoms with Crippen molar-refractivity contribution in [2.75, 3.05) is 11.9 Å². The molecule has 0 spiro atoms. The van der Waals surface area contributed by atoms with Gasteiger partial charge in [0.1, 0.15) is 12.2 Å². The maximum Gasteiger partial charge on any atom is 0.343 e. The highest BCUT2D eigenvalue weighted by atomic mass is 32.2. The highest BCUT2D eigenvalue weighted by molar-refractivity contribution is 8.01. The van der Waals surface area contributed by atoms with Gasteiger partial charge in [-0.1, -0.05) is 13.8 Å². The molecule has 0 bridgehead atoms. The van der Waals surface area contributed by atoms with E-state index in [1.807, 2.05) is 13.8 Å². The molecule has 0 aliphatic carbocycles. The number of nitrogens with one attached hydrogen (secondary N) is 1. The molecule has 0 aromatic carbocycles. The number of aromatic nitrogens is 4. The first-order valence-corrected chi connectivity index (χ1v) is 7.98. The molecule has 0 amide bonds. The van der Waals surface area contributed by atoms with Crippen molar-refractivity contribution in [3.8, 4) is 0 Å². The van der Waals surface area contributed by atoms with E-state index in [0.717, 1.165) is 30.4 Å². The average molecular weight is 326 g/mol. The third-order valence-electron chi connectivity index (χ3n) is 2.46. The largest absolute Gasteiger partial charge is 0.364 e. The van der Waals surface area contributed by atoms with Gasteiger partial charge in [0.05, 0.1) is 4.92 Å². The Kier molecular flexibility index (Phi) is 5.39. The van der Waals surface area contributed by atoms with Crippen LogP contribution in [0.4, 0.5) is 11.5 Å². The number of hydrogen-bond acceptors (Lipinski definition) is 9. The third-order valence-corrected chi connectivity index (χ3v) is 4.24. The minimum Gasteiger partial charge on any atom is -0.364 e. The summed E-state index contributed by atoms with van der Waals surface area (Å²) >= 11 is 2.35. The first-order chi connectivity index (χ1) is 10.2. The van der Waals surface area contributed by atoms with Crippen LogP contribution in [0.25, 0.3) is 0 Å². The van der Waals surface area contributed by atoms with Crippen molar-refractivity contribution in [3.05, 3.63) is 22.3 Å². The second-order valence-corrected chi connectivity index (χ2v) is 5.98. The Labute approximate surface area is 129 Å². The van der Waals surface area contributed by atoms with Crippen LogP contribution in [-0.2, 0) is 6.42 Å². The van der Waals surface area contributed by atoms with Gasteiger partial charge in [0, 0.05) is 13.0 Å². The Hall–Kier alpha value is -1.81. The van der Waals surface area contributed by atoms with Crippen LogP contribution in [-0.4, -0.2) is 30.8 Å². The first-order valence-electron chi connectivity index (χ1n) is 6.39. The normalized spacial score (nSPS) is 10.6. The Balaban J connectivity index is 2.31.